The van der Waals surface area contributed by atoms with Crippen molar-refractivity contribution in [2.45, 2.75) is 13.3 Å². The molecule has 0 N–H and O–H groups in total. The SMILES string of the molecule is CCCN([C]=O)C#N. The predicted octanol–water partition coefficient (Wildman–Crippen LogP) is 0.247. The lowest BCUT2D eigenvalue weighted by molar-refractivity contribution is 0.468. The molecule has 3 nitrogen and oxygen atoms in total. The first-order valence-electron chi connectivity index (χ1n) is 2.40. The number of hydrogen-bond acceptors (Lipinski definition) is 2. The molecule has 0 aromatic rings. The Morgan fingerprint density at radius 2 is 2.38 bits per heavy atom. The Morgan fingerprint density at radius 3 is 2.50 bits per heavy atom. The highest BCUT2D eigenvalue weighted by Gasteiger charge is 1.94. The first kappa shape index (κ1) is 6.96. The van der Waals surface area contributed by atoms with Gasteiger partial charge in [-0.3, -0.25) is 4.79 Å². The van der Waals surface area contributed by atoms with Crippen LogP contribution in [0.1, 0.15) is 13.3 Å². The lowest BCUT2D eigenvalue weighted by Gasteiger charge is -1.99. The number of carbonyl (C=O) groups excluding carboxylic acids is 1. The summed E-state index contributed by atoms with van der Waals surface area (Å²) in [7, 11) is 0. The molecule has 0 rings (SSSR count). The number of nitriles is 1. The van der Waals surface area contributed by atoms with E-state index in [9.17, 15) is 4.79 Å². The van der Waals surface area contributed by atoms with E-state index >= 15 is 0 Å². The van der Waals surface area contributed by atoms with Crippen LogP contribution in [0.5, 0.6) is 0 Å². The molecule has 3 heteroatoms. The van der Waals surface area contributed by atoms with E-state index in [-0.39, 0.29) is 0 Å². The molecule has 0 spiro atoms. The third kappa shape index (κ3) is 2.19. The maximum atomic E-state index is 9.70. The number of rotatable bonds is 3. The van der Waals surface area contributed by atoms with Gasteiger partial charge in [-0.05, 0) is 6.42 Å². The van der Waals surface area contributed by atoms with Gasteiger partial charge in [0.05, 0.1) is 0 Å². The largest absolute Gasteiger partial charge is 0.326 e. The number of nitrogens with zero attached hydrogens (tertiary/aromatic N) is 2. The van der Waals surface area contributed by atoms with Crippen LogP contribution in [-0.4, -0.2) is 17.9 Å². The molecule has 0 heterocycles. The van der Waals surface area contributed by atoms with E-state index in [2.05, 4.69) is 0 Å². The van der Waals surface area contributed by atoms with Crippen molar-refractivity contribution in [2.24, 2.45) is 0 Å². The fourth-order valence-electron chi connectivity index (χ4n) is 0.340. The third-order valence-electron chi connectivity index (χ3n) is 0.678. The molecular weight excluding hydrogens is 104 g/mol. The number of hydrogen-bond donors (Lipinski definition) is 0. The van der Waals surface area contributed by atoms with Crippen LogP contribution in [0.2, 0.25) is 0 Å². The molecule has 0 fully saturated rings. The minimum atomic E-state index is 0.472. The van der Waals surface area contributed by atoms with Crippen molar-refractivity contribution >= 4 is 6.41 Å². The summed E-state index contributed by atoms with van der Waals surface area (Å²) < 4.78 is 0. The van der Waals surface area contributed by atoms with Crippen LogP contribution in [0.4, 0.5) is 0 Å². The minimum absolute atomic E-state index is 0.472. The molecule has 0 aromatic carbocycles. The highest BCUT2D eigenvalue weighted by Crippen LogP contribution is 1.80. The van der Waals surface area contributed by atoms with E-state index in [4.69, 9.17) is 5.26 Å². The fourth-order valence-corrected chi connectivity index (χ4v) is 0.340. The lowest BCUT2D eigenvalue weighted by atomic mass is 10.5. The molecule has 0 atom stereocenters. The Hall–Kier alpha value is -1.04. The van der Waals surface area contributed by atoms with Gasteiger partial charge < -0.3 is 0 Å². The number of amides is 1. The van der Waals surface area contributed by atoms with Gasteiger partial charge in [0.25, 0.3) is 0 Å². The van der Waals surface area contributed by atoms with Gasteiger partial charge in [-0.1, -0.05) is 6.92 Å². The Kier molecular flexibility index (Phi) is 3.59. The van der Waals surface area contributed by atoms with Crippen molar-refractivity contribution in [3.8, 4) is 6.19 Å². The second-order valence-corrected chi connectivity index (χ2v) is 1.34. The second-order valence-electron chi connectivity index (χ2n) is 1.34. The lowest BCUT2D eigenvalue weighted by Crippen LogP contribution is -2.15. The molecule has 0 unspecified atom stereocenters. The zero-order valence-corrected chi connectivity index (χ0v) is 4.72. The molecular formula is C5H7N2O. The first-order chi connectivity index (χ1) is 3.85. The van der Waals surface area contributed by atoms with Crippen LogP contribution in [0, 0.1) is 11.5 Å². The van der Waals surface area contributed by atoms with E-state index in [1.54, 1.807) is 6.19 Å². The second kappa shape index (κ2) is 4.13. The van der Waals surface area contributed by atoms with Crippen molar-refractivity contribution in [1.29, 1.82) is 5.26 Å². The van der Waals surface area contributed by atoms with Crippen LogP contribution in [-0.2, 0) is 4.79 Å². The molecule has 1 amide bonds. The van der Waals surface area contributed by atoms with E-state index < -0.39 is 0 Å². The summed E-state index contributed by atoms with van der Waals surface area (Å²) in [5.74, 6) is 0. The van der Waals surface area contributed by atoms with Crippen molar-refractivity contribution in [3.05, 3.63) is 0 Å². The van der Waals surface area contributed by atoms with Crippen LogP contribution >= 0.6 is 0 Å². The highest BCUT2D eigenvalue weighted by molar-refractivity contribution is 5.50. The highest BCUT2D eigenvalue weighted by atomic mass is 16.1. The van der Waals surface area contributed by atoms with Crippen molar-refractivity contribution in [3.63, 3.8) is 0 Å². The van der Waals surface area contributed by atoms with Crippen LogP contribution in [0.15, 0.2) is 0 Å². The molecule has 8 heavy (non-hydrogen) atoms. The maximum Gasteiger partial charge on any atom is 0.326 e. The average molecular weight is 111 g/mol. The van der Waals surface area contributed by atoms with Crippen molar-refractivity contribution in [1.82, 2.24) is 4.90 Å². The molecule has 0 saturated carbocycles. The zero-order valence-electron chi connectivity index (χ0n) is 4.72. The van der Waals surface area contributed by atoms with Crippen molar-refractivity contribution < 1.29 is 4.79 Å². The molecule has 0 aromatic heterocycles. The van der Waals surface area contributed by atoms with Gasteiger partial charge >= 0.3 is 6.41 Å². The van der Waals surface area contributed by atoms with Gasteiger partial charge in [-0.25, -0.2) is 4.90 Å². The molecule has 0 aliphatic heterocycles. The summed E-state index contributed by atoms with van der Waals surface area (Å²) in [6.45, 7) is 2.36. The van der Waals surface area contributed by atoms with Gasteiger partial charge in [-0.15, -0.1) is 0 Å². The van der Waals surface area contributed by atoms with Gasteiger partial charge in [0.2, 0.25) is 0 Å². The van der Waals surface area contributed by atoms with Gasteiger partial charge in [-0.2, -0.15) is 5.26 Å². The van der Waals surface area contributed by atoms with Gasteiger partial charge in [0.1, 0.15) is 0 Å². The zero-order chi connectivity index (χ0) is 6.41. The monoisotopic (exact) mass is 111 g/mol. The molecule has 0 bridgehead atoms. The maximum absolute atomic E-state index is 9.70. The van der Waals surface area contributed by atoms with E-state index in [0.29, 0.717) is 6.54 Å². The van der Waals surface area contributed by atoms with Crippen LogP contribution < -0.4 is 0 Å². The minimum Gasteiger partial charge on any atom is -0.262 e. The quantitative estimate of drug-likeness (QED) is 0.387. The summed E-state index contributed by atoms with van der Waals surface area (Å²) in [6.07, 6.45) is 3.93. The summed E-state index contributed by atoms with van der Waals surface area (Å²) in [6, 6.07) is 0. The topological polar surface area (TPSA) is 44.1 Å². The summed E-state index contributed by atoms with van der Waals surface area (Å²) in [4.78, 5) is 10.6. The van der Waals surface area contributed by atoms with Gasteiger partial charge in [0.15, 0.2) is 6.19 Å². The van der Waals surface area contributed by atoms with Crippen LogP contribution in [0.3, 0.4) is 0 Å². The van der Waals surface area contributed by atoms with Crippen LogP contribution in [0.25, 0.3) is 0 Å². The van der Waals surface area contributed by atoms with E-state index in [1.807, 2.05) is 6.92 Å². The van der Waals surface area contributed by atoms with E-state index in [0.717, 1.165) is 11.3 Å². The standard InChI is InChI=1S/C5H7N2O/c1-2-3-7(4-6)5-8/h2-3H2,1H3. The Morgan fingerprint density at radius 1 is 1.75 bits per heavy atom. The smallest absolute Gasteiger partial charge is 0.262 e. The molecule has 0 saturated heterocycles. The first-order valence-corrected chi connectivity index (χ1v) is 2.40. The Labute approximate surface area is 48.5 Å². The summed E-state index contributed by atoms with van der Waals surface area (Å²) in [5, 5.41) is 8.07. The third-order valence-corrected chi connectivity index (χ3v) is 0.678. The average Bonchev–Trinajstić information content (AvgIpc) is 1.83. The molecule has 43 valence electrons. The Balaban J connectivity index is 3.40. The molecule has 0 aliphatic carbocycles. The fraction of sp³-hybridized carbons (Fsp3) is 0.600. The normalized spacial score (nSPS) is 7.50. The van der Waals surface area contributed by atoms with E-state index in [1.165, 1.54) is 6.41 Å². The molecule has 0 aliphatic rings. The summed E-state index contributed by atoms with van der Waals surface area (Å²) >= 11 is 0. The summed E-state index contributed by atoms with van der Waals surface area (Å²) in [5.41, 5.74) is 0. The Bertz CT molecular complexity index is 105. The molecule has 1 radical (unpaired) electrons. The van der Waals surface area contributed by atoms with Gasteiger partial charge in [0, 0.05) is 6.54 Å². The van der Waals surface area contributed by atoms with Crippen molar-refractivity contribution in [2.75, 3.05) is 6.54 Å². The predicted molar refractivity (Wildman–Crippen MR) is 28.3 cm³/mol.